The van der Waals surface area contributed by atoms with Crippen molar-refractivity contribution in [3.8, 4) is 0 Å². The Morgan fingerprint density at radius 2 is 1.62 bits per heavy atom. The van der Waals surface area contributed by atoms with E-state index >= 15 is 0 Å². The molecule has 0 unspecified atom stereocenters. The second-order valence-electron chi connectivity index (χ2n) is 10.5. The zero-order valence-electron chi connectivity index (χ0n) is 20.8. The van der Waals surface area contributed by atoms with E-state index in [1.165, 1.54) is 0 Å². The topological polar surface area (TPSA) is 88.5 Å². The third-order valence-corrected chi connectivity index (χ3v) is 6.46. The molecule has 1 aromatic carbocycles. The van der Waals surface area contributed by atoms with Gasteiger partial charge in [-0.05, 0) is 64.4 Å². The van der Waals surface area contributed by atoms with Crippen molar-refractivity contribution >= 4 is 12.2 Å². The van der Waals surface area contributed by atoms with Gasteiger partial charge in [-0.25, -0.2) is 9.59 Å². The minimum atomic E-state index is -0.898. The standard InChI is InChI=1S/C26H40N2O6/c1-25(2,3)34-24(30)28-16-12-26(31,13-17-28)20-32-18-11-21-9-14-27(15-10-21)23(29)33-19-22-7-5-4-6-8-22/h4-8,21,31H,9-20H2,1-3H3. The van der Waals surface area contributed by atoms with Crippen molar-refractivity contribution in [3.63, 3.8) is 0 Å². The quantitative estimate of drug-likeness (QED) is 0.594. The van der Waals surface area contributed by atoms with E-state index < -0.39 is 11.2 Å². The molecule has 0 bridgehead atoms. The third-order valence-electron chi connectivity index (χ3n) is 6.46. The number of rotatable bonds is 7. The molecule has 34 heavy (non-hydrogen) atoms. The Kier molecular flexibility index (Phi) is 9.19. The number of piperidine rings is 2. The zero-order valence-corrected chi connectivity index (χ0v) is 20.8. The summed E-state index contributed by atoms with van der Waals surface area (Å²) in [5, 5.41) is 10.8. The Morgan fingerprint density at radius 1 is 1.00 bits per heavy atom. The number of hydrogen-bond donors (Lipinski definition) is 1. The molecule has 0 atom stereocenters. The van der Waals surface area contributed by atoms with E-state index in [4.69, 9.17) is 14.2 Å². The molecule has 1 aromatic rings. The van der Waals surface area contributed by atoms with Crippen molar-refractivity contribution in [1.29, 1.82) is 0 Å². The van der Waals surface area contributed by atoms with Crippen LogP contribution in [0.25, 0.3) is 0 Å². The molecule has 190 valence electrons. The minimum absolute atomic E-state index is 0.251. The lowest BCUT2D eigenvalue weighted by Gasteiger charge is -2.38. The monoisotopic (exact) mass is 476 g/mol. The molecule has 2 fully saturated rings. The van der Waals surface area contributed by atoms with Crippen molar-refractivity contribution in [3.05, 3.63) is 35.9 Å². The number of benzene rings is 1. The third kappa shape index (κ3) is 8.47. The highest BCUT2D eigenvalue weighted by atomic mass is 16.6. The molecule has 2 aliphatic rings. The van der Waals surface area contributed by atoms with Crippen LogP contribution >= 0.6 is 0 Å². The zero-order chi connectivity index (χ0) is 24.6. The lowest BCUT2D eigenvalue weighted by atomic mass is 9.92. The van der Waals surface area contributed by atoms with E-state index in [0.29, 0.717) is 58.2 Å². The van der Waals surface area contributed by atoms with Gasteiger partial charge in [-0.1, -0.05) is 30.3 Å². The van der Waals surface area contributed by atoms with Gasteiger partial charge in [0.1, 0.15) is 12.2 Å². The molecule has 0 spiro atoms. The molecule has 0 aliphatic carbocycles. The Hall–Kier alpha value is -2.32. The van der Waals surface area contributed by atoms with E-state index in [-0.39, 0.29) is 18.8 Å². The van der Waals surface area contributed by atoms with E-state index in [0.717, 1.165) is 24.8 Å². The van der Waals surface area contributed by atoms with Gasteiger partial charge < -0.3 is 29.1 Å². The van der Waals surface area contributed by atoms with Crippen LogP contribution in [-0.4, -0.2) is 77.7 Å². The van der Waals surface area contributed by atoms with Gasteiger partial charge in [0.25, 0.3) is 0 Å². The van der Waals surface area contributed by atoms with E-state index in [2.05, 4.69) is 0 Å². The van der Waals surface area contributed by atoms with Crippen molar-refractivity contribution in [2.24, 2.45) is 5.92 Å². The molecular weight excluding hydrogens is 436 g/mol. The molecule has 1 N–H and O–H groups in total. The van der Waals surface area contributed by atoms with Crippen LogP contribution in [0.4, 0.5) is 9.59 Å². The maximum Gasteiger partial charge on any atom is 0.410 e. The highest BCUT2D eigenvalue weighted by Crippen LogP contribution is 2.25. The summed E-state index contributed by atoms with van der Waals surface area (Å²) in [7, 11) is 0. The van der Waals surface area contributed by atoms with Gasteiger partial charge in [0.15, 0.2) is 0 Å². The normalized spacial score (nSPS) is 19.1. The molecule has 8 nitrogen and oxygen atoms in total. The van der Waals surface area contributed by atoms with Gasteiger partial charge in [-0.3, -0.25) is 0 Å². The summed E-state index contributed by atoms with van der Waals surface area (Å²) in [5.41, 5.74) is -0.434. The molecule has 2 heterocycles. The van der Waals surface area contributed by atoms with E-state index in [1.807, 2.05) is 51.1 Å². The Labute approximate surface area is 203 Å². The van der Waals surface area contributed by atoms with Crippen molar-refractivity contribution < 1.29 is 28.9 Å². The first-order chi connectivity index (χ1) is 16.1. The van der Waals surface area contributed by atoms with Crippen molar-refractivity contribution in [1.82, 2.24) is 9.80 Å². The number of likely N-dealkylation sites (tertiary alicyclic amines) is 2. The summed E-state index contributed by atoms with van der Waals surface area (Å²) in [4.78, 5) is 27.9. The largest absolute Gasteiger partial charge is 0.445 e. The SMILES string of the molecule is CC(C)(C)OC(=O)N1CCC(O)(COCCC2CCN(C(=O)OCc3ccccc3)CC2)CC1. The summed E-state index contributed by atoms with van der Waals surface area (Å²) in [5.74, 6) is 0.502. The van der Waals surface area contributed by atoms with Crippen LogP contribution in [0.5, 0.6) is 0 Å². The molecule has 0 aromatic heterocycles. The van der Waals surface area contributed by atoms with Gasteiger partial charge in [0.05, 0.1) is 12.2 Å². The first-order valence-corrected chi connectivity index (χ1v) is 12.4. The number of hydrogen-bond acceptors (Lipinski definition) is 6. The number of carbonyl (C=O) groups excluding carboxylic acids is 2. The predicted octanol–water partition coefficient (Wildman–Crippen LogP) is 4.20. The number of aliphatic hydroxyl groups is 1. The summed E-state index contributed by atoms with van der Waals surface area (Å²) in [6.45, 7) is 9.03. The Morgan fingerprint density at radius 3 is 2.24 bits per heavy atom. The molecule has 0 radical (unpaired) electrons. The first kappa shape index (κ1) is 26.3. The van der Waals surface area contributed by atoms with Crippen LogP contribution in [-0.2, 0) is 20.8 Å². The highest BCUT2D eigenvalue weighted by molar-refractivity contribution is 5.68. The summed E-state index contributed by atoms with van der Waals surface area (Å²) in [6, 6.07) is 9.70. The van der Waals surface area contributed by atoms with Crippen LogP contribution in [0, 0.1) is 5.92 Å². The van der Waals surface area contributed by atoms with Crippen LogP contribution < -0.4 is 0 Å². The molecule has 3 rings (SSSR count). The average Bonchev–Trinajstić information content (AvgIpc) is 2.81. The van der Waals surface area contributed by atoms with Gasteiger partial charge in [0.2, 0.25) is 0 Å². The molecule has 0 saturated carbocycles. The number of amides is 2. The van der Waals surface area contributed by atoms with Gasteiger partial charge in [0, 0.05) is 32.8 Å². The second-order valence-corrected chi connectivity index (χ2v) is 10.5. The molecule has 2 amide bonds. The minimum Gasteiger partial charge on any atom is -0.445 e. The van der Waals surface area contributed by atoms with Crippen LogP contribution in [0.2, 0.25) is 0 Å². The predicted molar refractivity (Wildman–Crippen MR) is 128 cm³/mol. The van der Waals surface area contributed by atoms with Crippen LogP contribution in [0.3, 0.4) is 0 Å². The number of ether oxygens (including phenoxy) is 3. The number of carbonyl (C=O) groups is 2. The smallest absolute Gasteiger partial charge is 0.410 e. The van der Waals surface area contributed by atoms with E-state index in [1.54, 1.807) is 9.80 Å². The maximum atomic E-state index is 12.3. The molecule has 8 heteroatoms. The van der Waals surface area contributed by atoms with Gasteiger partial charge in [-0.2, -0.15) is 0 Å². The molecular formula is C26H40N2O6. The second kappa shape index (κ2) is 11.9. The lowest BCUT2D eigenvalue weighted by Crippen LogP contribution is -2.50. The average molecular weight is 477 g/mol. The van der Waals surface area contributed by atoms with Gasteiger partial charge in [-0.15, -0.1) is 0 Å². The Balaban J connectivity index is 1.27. The van der Waals surface area contributed by atoms with Crippen LogP contribution in [0.15, 0.2) is 30.3 Å². The van der Waals surface area contributed by atoms with E-state index in [9.17, 15) is 14.7 Å². The van der Waals surface area contributed by atoms with Gasteiger partial charge >= 0.3 is 12.2 Å². The first-order valence-electron chi connectivity index (χ1n) is 12.4. The van der Waals surface area contributed by atoms with Crippen molar-refractivity contribution in [2.75, 3.05) is 39.4 Å². The highest BCUT2D eigenvalue weighted by Gasteiger charge is 2.35. The summed E-state index contributed by atoms with van der Waals surface area (Å²) in [6.07, 6.45) is 3.15. The molecule has 2 saturated heterocycles. The molecule has 2 aliphatic heterocycles. The number of nitrogens with zero attached hydrogens (tertiary/aromatic N) is 2. The summed E-state index contributed by atoms with van der Waals surface area (Å²) >= 11 is 0. The fourth-order valence-corrected chi connectivity index (χ4v) is 4.30. The fourth-order valence-electron chi connectivity index (χ4n) is 4.30. The Bertz CT molecular complexity index is 778. The lowest BCUT2D eigenvalue weighted by molar-refractivity contribution is -0.0840. The van der Waals surface area contributed by atoms with Crippen molar-refractivity contribution in [2.45, 2.75) is 70.7 Å². The van der Waals surface area contributed by atoms with Crippen LogP contribution in [0.1, 0.15) is 58.4 Å². The fraction of sp³-hybridized carbons (Fsp3) is 0.692. The maximum absolute atomic E-state index is 12.3. The summed E-state index contributed by atoms with van der Waals surface area (Å²) < 4.78 is 16.7.